The normalized spacial score (nSPS) is 20.8. The molecule has 0 aromatic rings. The lowest BCUT2D eigenvalue weighted by molar-refractivity contribution is 0.0238. The van der Waals surface area contributed by atoms with E-state index in [1.54, 1.807) is 0 Å². The van der Waals surface area contributed by atoms with Crippen molar-refractivity contribution in [2.75, 3.05) is 39.4 Å². The van der Waals surface area contributed by atoms with Crippen LogP contribution in [0.4, 0.5) is 0 Å². The number of hydrogen-bond acceptors (Lipinski definition) is 3. The maximum absolute atomic E-state index is 5.21. The highest BCUT2D eigenvalue weighted by atomic mass is 16.5. The van der Waals surface area contributed by atoms with Gasteiger partial charge in [0.25, 0.3) is 0 Å². The van der Waals surface area contributed by atoms with Gasteiger partial charge in [-0.05, 0) is 53.6 Å². The zero-order valence-corrected chi connectivity index (χ0v) is 14.1. The fourth-order valence-electron chi connectivity index (χ4n) is 2.35. The molecule has 0 unspecified atom stereocenters. The van der Waals surface area contributed by atoms with E-state index in [0.29, 0.717) is 6.04 Å². The summed E-state index contributed by atoms with van der Waals surface area (Å²) in [6.45, 7) is 19.7. The summed E-state index contributed by atoms with van der Waals surface area (Å²) in [4.78, 5) is 4.96. The van der Waals surface area contributed by atoms with E-state index >= 15 is 0 Å². The summed E-state index contributed by atoms with van der Waals surface area (Å²) in [7, 11) is 0. The monoisotopic (exact) mass is 272 g/mol. The molecule has 0 aliphatic carbocycles. The predicted molar refractivity (Wildman–Crippen MR) is 84.8 cm³/mol. The van der Waals surface area contributed by atoms with Crippen LogP contribution < -0.4 is 0 Å². The van der Waals surface area contributed by atoms with Crippen LogP contribution in [0, 0.1) is 0 Å². The van der Waals surface area contributed by atoms with Crippen molar-refractivity contribution in [2.24, 2.45) is 0 Å². The van der Waals surface area contributed by atoms with Gasteiger partial charge in [0.2, 0.25) is 0 Å². The van der Waals surface area contributed by atoms with E-state index < -0.39 is 0 Å². The topological polar surface area (TPSA) is 15.7 Å². The average molecular weight is 272 g/mol. The third-order valence-electron chi connectivity index (χ3n) is 3.65. The molecule has 0 bridgehead atoms. The molecule has 2 rings (SSSR count). The van der Waals surface area contributed by atoms with Crippen LogP contribution >= 0.6 is 0 Å². The molecular formula is C16H36N2O. The third kappa shape index (κ3) is 8.61. The number of hydrogen-bond donors (Lipinski definition) is 0. The lowest BCUT2D eigenvalue weighted by Crippen LogP contribution is -2.40. The minimum absolute atomic E-state index is 0.689. The van der Waals surface area contributed by atoms with Crippen LogP contribution in [0.25, 0.3) is 0 Å². The largest absolute Gasteiger partial charge is 0.379 e. The molecule has 3 heteroatoms. The van der Waals surface area contributed by atoms with Gasteiger partial charge in [-0.2, -0.15) is 0 Å². The molecule has 2 fully saturated rings. The van der Waals surface area contributed by atoms with Crippen LogP contribution in [0.15, 0.2) is 0 Å². The number of ether oxygens (including phenoxy) is 1. The standard InChI is InChI=1S/C7H15NO.C7H15N.C2H6/c1-7(2)8-3-5-9-6-4-8;1-7(2)8-5-3-4-6-8;1-2/h7H,3-6H2,1-2H3;7H,3-6H2,1-2H3;1-2H3. The van der Waals surface area contributed by atoms with Crippen molar-refractivity contribution in [3.8, 4) is 0 Å². The maximum Gasteiger partial charge on any atom is 0.0594 e. The van der Waals surface area contributed by atoms with Crippen molar-refractivity contribution >= 4 is 0 Å². The Kier molecular flexibility index (Phi) is 11.6. The summed E-state index contributed by atoms with van der Waals surface area (Å²) >= 11 is 0. The Morgan fingerprint density at radius 2 is 1.05 bits per heavy atom. The zero-order chi connectivity index (χ0) is 14.7. The smallest absolute Gasteiger partial charge is 0.0594 e. The van der Waals surface area contributed by atoms with Crippen molar-refractivity contribution < 1.29 is 4.74 Å². The van der Waals surface area contributed by atoms with Gasteiger partial charge < -0.3 is 9.64 Å². The highest BCUT2D eigenvalue weighted by molar-refractivity contribution is 4.68. The Morgan fingerprint density at radius 1 is 0.684 bits per heavy atom. The molecule has 0 aromatic heterocycles. The van der Waals surface area contributed by atoms with E-state index in [2.05, 4.69) is 37.5 Å². The Hall–Kier alpha value is -0.120. The first-order chi connectivity index (χ1) is 9.11. The molecule has 2 aliphatic rings. The summed E-state index contributed by atoms with van der Waals surface area (Å²) < 4.78 is 5.21. The number of rotatable bonds is 2. The molecule has 0 amide bonds. The van der Waals surface area contributed by atoms with E-state index in [4.69, 9.17) is 4.74 Å². The van der Waals surface area contributed by atoms with Gasteiger partial charge in [0.15, 0.2) is 0 Å². The third-order valence-corrected chi connectivity index (χ3v) is 3.65. The van der Waals surface area contributed by atoms with Gasteiger partial charge in [0.1, 0.15) is 0 Å². The van der Waals surface area contributed by atoms with Gasteiger partial charge in [0.05, 0.1) is 13.2 Å². The Balaban J connectivity index is 0.000000303. The van der Waals surface area contributed by atoms with Crippen molar-refractivity contribution in [3.05, 3.63) is 0 Å². The van der Waals surface area contributed by atoms with E-state index in [-0.39, 0.29) is 0 Å². The fraction of sp³-hybridized carbons (Fsp3) is 1.00. The molecule has 0 spiro atoms. The fourth-order valence-corrected chi connectivity index (χ4v) is 2.35. The minimum atomic E-state index is 0.689. The molecule has 2 saturated heterocycles. The molecule has 0 aromatic carbocycles. The van der Waals surface area contributed by atoms with Crippen molar-refractivity contribution in [1.29, 1.82) is 0 Å². The highest BCUT2D eigenvalue weighted by Gasteiger charge is 2.13. The Morgan fingerprint density at radius 3 is 1.32 bits per heavy atom. The summed E-state index contributed by atoms with van der Waals surface area (Å²) in [5.41, 5.74) is 0. The molecule has 3 nitrogen and oxygen atoms in total. The molecule has 0 radical (unpaired) electrons. The van der Waals surface area contributed by atoms with Gasteiger partial charge in [-0.1, -0.05) is 13.8 Å². The summed E-state index contributed by atoms with van der Waals surface area (Å²) in [6, 6.07) is 1.46. The zero-order valence-electron chi connectivity index (χ0n) is 14.1. The lowest BCUT2D eigenvalue weighted by atomic mass is 10.3. The molecule has 0 saturated carbocycles. The highest BCUT2D eigenvalue weighted by Crippen LogP contribution is 2.09. The Labute approximate surface area is 121 Å². The minimum Gasteiger partial charge on any atom is -0.379 e. The molecule has 2 heterocycles. The van der Waals surface area contributed by atoms with Gasteiger partial charge in [-0.15, -0.1) is 0 Å². The quantitative estimate of drug-likeness (QED) is 0.767. The van der Waals surface area contributed by atoms with Crippen molar-refractivity contribution in [1.82, 2.24) is 9.80 Å². The van der Waals surface area contributed by atoms with Crippen LogP contribution in [0.5, 0.6) is 0 Å². The van der Waals surface area contributed by atoms with Gasteiger partial charge in [-0.3, -0.25) is 4.90 Å². The van der Waals surface area contributed by atoms with E-state index in [9.17, 15) is 0 Å². The summed E-state index contributed by atoms with van der Waals surface area (Å²) in [5, 5.41) is 0. The molecular weight excluding hydrogens is 236 g/mol. The van der Waals surface area contributed by atoms with Crippen LogP contribution in [0.2, 0.25) is 0 Å². The molecule has 2 aliphatic heterocycles. The molecule has 116 valence electrons. The van der Waals surface area contributed by atoms with Crippen LogP contribution in [0.3, 0.4) is 0 Å². The van der Waals surface area contributed by atoms with Gasteiger partial charge in [0, 0.05) is 25.2 Å². The SMILES string of the molecule is CC.CC(C)N1CCCC1.CC(C)N1CCOCC1. The van der Waals surface area contributed by atoms with E-state index in [0.717, 1.165) is 32.3 Å². The number of likely N-dealkylation sites (tertiary alicyclic amines) is 1. The van der Waals surface area contributed by atoms with Crippen LogP contribution in [-0.4, -0.2) is 61.3 Å². The van der Waals surface area contributed by atoms with E-state index in [1.807, 2.05) is 13.8 Å². The lowest BCUT2D eigenvalue weighted by Gasteiger charge is -2.29. The second-order valence-electron chi connectivity index (χ2n) is 5.58. The van der Waals surface area contributed by atoms with Crippen molar-refractivity contribution in [2.45, 2.75) is 66.5 Å². The first-order valence-corrected chi connectivity index (χ1v) is 8.17. The van der Waals surface area contributed by atoms with Crippen molar-refractivity contribution in [3.63, 3.8) is 0 Å². The predicted octanol–water partition coefficient (Wildman–Crippen LogP) is 3.24. The maximum atomic E-state index is 5.21. The summed E-state index contributed by atoms with van der Waals surface area (Å²) in [6.07, 6.45) is 2.83. The first-order valence-electron chi connectivity index (χ1n) is 8.17. The number of morpholine rings is 1. The average Bonchev–Trinajstić information content (AvgIpc) is 2.97. The summed E-state index contributed by atoms with van der Waals surface area (Å²) in [5.74, 6) is 0. The van der Waals surface area contributed by atoms with Gasteiger partial charge in [-0.25, -0.2) is 0 Å². The van der Waals surface area contributed by atoms with Crippen LogP contribution in [0.1, 0.15) is 54.4 Å². The Bertz CT molecular complexity index is 183. The second-order valence-corrected chi connectivity index (χ2v) is 5.58. The molecule has 0 N–H and O–H groups in total. The molecule has 0 atom stereocenters. The second kappa shape index (κ2) is 11.7. The van der Waals surface area contributed by atoms with E-state index in [1.165, 1.54) is 25.9 Å². The van der Waals surface area contributed by atoms with Crippen LogP contribution in [-0.2, 0) is 4.74 Å². The number of nitrogens with zero attached hydrogens (tertiary/aromatic N) is 2. The molecule has 19 heavy (non-hydrogen) atoms. The first kappa shape index (κ1) is 18.9. The van der Waals surface area contributed by atoms with Gasteiger partial charge >= 0.3 is 0 Å².